The SMILES string of the molecule is CC1(C)[C@H](/C=C(\Cl)C(F)(F)F)[C@@H]1CN.Cl. The monoisotopic (exact) mass is 263 g/mol. The molecule has 1 nitrogen and oxygen atoms in total. The number of allylic oxidation sites excluding steroid dienone is 2. The lowest BCUT2D eigenvalue weighted by Gasteiger charge is -2.04. The minimum atomic E-state index is -4.43. The second kappa shape index (κ2) is 4.52. The Morgan fingerprint density at radius 1 is 1.47 bits per heavy atom. The lowest BCUT2D eigenvalue weighted by atomic mass is 10.1. The molecule has 1 fully saturated rings. The van der Waals surface area contributed by atoms with Gasteiger partial charge in [0.05, 0.1) is 0 Å². The van der Waals surface area contributed by atoms with Crippen LogP contribution in [0, 0.1) is 17.3 Å². The van der Waals surface area contributed by atoms with Crippen molar-refractivity contribution in [3.63, 3.8) is 0 Å². The zero-order chi connectivity index (χ0) is 11.1. The fraction of sp³-hybridized carbons (Fsp3) is 0.778. The molecule has 0 bridgehead atoms. The zero-order valence-electron chi connectivity index (χ0n) is 8.44. The van der Waals surface area contributed by atoms with E-state index in [2.05, 4.69) is 0 Å². The molecule has 0 unspecified atom stereocenters. The van der Waals surface area contributed by atoms with E-state index >= 15 is 0 Å². The first-order valence-electron chi connectivity index (χ1n) is 4.36. The summed E-state index contributed by atoms with van der Waals surface area (Å²) in [5.74, 6) is -0.0415. The number of alkyl halides is 3. The number of hydrogen-bond donors (Lipinski definition) is 1. The molecular formula is C9H14Cl2F3N. The van der Waals surface area contributed by atoms with Crippen molar-refractivity contribution < 1.29 is 13.2 Å². The fourth-order valence-electron chi connectivity index (χ4n) is 1.82. The molecule has 0 aromatic rings. The van der Waals surface area contributed by atoms with Crippen molar-refractivity contribution >= 4 is 24.0 Å². The molecule has 1 rings (SSSR count). The van der Waals surface area contributed by atoms with E-state index in [4.69, 9.17) is 17.3 Å². The van der Waals surface area contributed by atoms with Crippen LogP contribution in [0.2, 0.25) is 0 Å². The highest BCUT2D eigenvalue weighted by molar-refractivity contribution is 6.30. The van der Waals surface area contributed by atoms with Crippen molar-refractivity contribution in [2.45, 2.75) is 20.0 Å². The van der Waals surface area contributed by atoms with Gasteiger partial charge < -0.3 is 5.73 Å². The largest absolute Gasteiger partial charge is 0.426 e. The Balaban J connectivity index is 0.00000196. The van der Waals surface area contributed by atoms with Gasteiger partial charge in [-0.25, -0.2) is 0 Å². The molecule has 1 aliphatic rings. The van der Waals surface area contributed by atoms with Crippen LogP contribution in [0.25, 0.3) is 0 Å². The lowest BCUT2D eigenvalue weighted by Crippen LogP contribution is -2.08. The van der Waals surface area contributed by atoms with Gasteiger partial charge in [-0.1, -0.05) is 31.5 Å². The molecule has 2 atom stereocenters. The van der Waals surface area contributed by atoms with Crippen molar-refractivity contribution in [3.05, 3.63) is 11.1 Å². The quantitative estimate of drug-likeness (QED) is 0.813. The molecule has 0 aliphatic heterocycles. The third-order valence-electron chi connectivity index (χ3n) is 2.99. The Labute approximate surface area is 98.3 Å². The molecule has 0 aromatic heterocycles. The predicted molar refractivity (Wildman–Crippen MR) is 57.1 cm³/mol. The summed E-state index contributed by atoms with van der Waals surface area (Å²) < 4.78 is 36.3. The molecule has 90 valence electrons. The van der Waals surface area contributed by atoms with Crippen LogP contribution in [0.4, 0.5) is 13.2 Å². The summed E-state index contributed by atoms with van der Waals surface area (Å²) >= 11 is 5.14. The van der Waals surface area contributed by atoms with Gasteiger partial charge in [0, 0.05) is 0 Å². The Hall–Kier alpha value is 0.0700. The van der Waals surface area contributed by atoms with Gasteiger partial charge in [-0.2, -0.15) is 13.2 Å². The van der Waals surface area contributed by atoms with E-state index in [0.717, 1.165) is 6.08 Å². The highest BCUT2D eigenvalue weighted by atomic mass is 35.5. The first-order chi connectivity index (χ1) is 6.21. The van der Waals surface area contributed by atoms with Crippen molar-refractivity contribution in [2.75, 3.05) is 6.54 Å². The molecule has 0 radical (unpaired) electrons. The van der Waals surface area contributed by atoms with Gasteiger partial charge >= 0.3 is 6.18 Å². The van der Waals surface area contributed by atoms with Crippen LogP contribution in [-0.4, -0.2) is 12.7 Å². The Morgan fingerprint density at radius 2 is 1.93 bits per heavy atom. The fourth-order valence-corrected chi connectivity index (χ4v) is 1.96. The van der Waals surface area contributed by atoms with Crippen molar-refractivity contribution in [2.24, 2.45) is 23.0 Å². The smallest absolute Gasteiger partial charge is 0.330 e. The van der Waals surface area contributed by atoms with E-state index in [9.17, 15) is 13.2 Å². The van der Waals surface area contributed by atoms with Gasteiger partial charge in [0.2, 0.25) is 0 Å². The van der Waals surface area contributed by atoms with Gasteiger partial charge in [0.15, 0.2) is 0 Å². The standard InChI is InChI=1S/C9H13ClF3N.ClH/c1-8(2)5(6(8)4-14)3-7(10)9(11,12)13;/h3,5-6H,4,14H2,1-2H3;1H/b7-3-;/t5-,6+;/m1./s1. The summed E-state index contributed by atoms with van der Waals surface area (Å²) in [6, 6.07) is 0. The first kappa shape index (κ1) is 15.1. The van der Waals surface area contributed by atoms with Gasteiger partial charge in [0.25, 0.3) is 0 Å². The molecule has 2 N–H and O–H groups in total. The molecule has 1 aliphatic carbocycles. The molecule has 0 amide bonds. The highest BCUT2D eigenvalue weighted by Gasteiger charge is 2.56. The second-order valence-electron chi connectivity index (χ2n) is 4.20. The van der Waals surface area contributed by atoms with Crippen LogP contribution in [0.5, 0.6) is 0 Å². The molecule has 15 heavy (non-hydrogen) atoms. The summed E-state index contributed by atoms with van der Waals surface area (Å²) in [7, 11) is 0. The molecule has 0 spiro atoms. The molecular weight excluding hydrogens is 250 g/mol. The molecule has 1 saturated carbocycles. The lowest BCUT2D eigenvalue weighted by molar-refractivity contribution is -0.0848. The Bertz CT molecular complexity index is 261. The maximum absolute atomic E-state index is 12.1. The summed E-state index contributed by atoms with van der Waals surface area (Å²) in [6.45, 7) is 4.19. The minimum absolute atomic E-state index is 0. The van der Waals surface area contributed by atoms with Crippen LogP contribution < -0.4 is 5.73 Å². The maximum atomic E-state index is 12.1. The summed E-state index contributed by atoms with van der Waals surface area (Å²) in [5, 5.41) is -1.04. The van der Waals surface area contributed by atoms with Crippen LogP contribution in [0.3, 0.4) is 0 Å². The molecule has 0 heterocycles. The Morgan fingerprint density at radius 3 is 2.20 bits per heavy atom. The summed E-state index contributed by atoms with van der Waals surface area (Å²) in [5.41, 5.74) is 5.28. The second-order valence-corrected chi connectivity index (χ2v) is 4.61. The normalized spacial score (nSPS) is 29.7. The van der Waals surface area contributed by atoms with E-state index in [-0.39, 0.29) is 29.7 Å². The van der Waals surface area contributed by atoms with Crippen molar-refractivity contribution in [1.29, 1.82) is 0 Å². The molecule has 0 aromatic carbocycles. The average molecular weight is 264 g/mol. The summed E-state index contributed by atoms with van der Waals surface area (Å²) in [6.07, 6.45) is -3.35. The van der Waals surface area contributed by atoms with Gasteiger partial charge in [-0.05, 0) is 23.8 Å². The van der Waals surface area contributed by atoms with Crippen LogP contribution in [0.1, 0.15) is 13.8 Å². The highest BCUT2D eigenvalue weighted by Crippen LogP contribution is 2.59. The number of nitrogens with two attached hydrogens (primary N) is 1. The van der Waals surface area contributed by atoms with E-state index in [0.29, 0.717) is 6.54 Å². The average Bonchev–Trinajstić information content (AvgIpc) is 2.51. The van der Waals surface area contributed by atoms with Gasteiger partial charge in [-0.15, -0.1) is 12.4 Å². The van der Waals surface area contributed by atoms with E-state index < -0.39 is 11.2 Å². The maximum Gasteiger partial charge on any atom is 0.426 e. The number of hydrogen-bond acceptors (Lipinski definition) is 1. The van der Waals surface area contributed by atoms with Crippen LogP contribution in [-0.2, 0) is 0 Å². The topological polar surface area (TPSA) is 26.0 Å². The van der Waals surface area contributed by atoms with Crippen molar-refractivity contribution in [1.82, 2.24) is 0 Å². The molecule has 0 saturated heterocycles. The minimum Gasteiger partial charge on any atom is -0.330 e. The Kier molecular flexibility index (Phi) is 4.54. The summed E-state index contributed by atoms with van der Waals surface area (Å²) in [4.78, 5) is 0. The van der Waals surface area contributed by atoms with Gasteiger partial charge in [0.1, 0.15) is 5.03 Å². The van der Waals surface area contributed by atoms with E-state index in [1.54, 1.807) is 0 Å². The van der Waals surface area contributed by atoms with Crippen LogP contribution >= 0.6 is 24.0 Å². The third kappa shape index (κ3) is 3.02. The van der Waals surface area contributed by atoms with Crippen LogP contribution in [0.15, 0.2) is 11.1 Å². The predicted octanol–water partition coefficient (Wildman–Crippen LogP) is 3.32. The number of halogens is 5. The van der Waals surface area contributed by atoms with Crippen molar-refractivity contribution in [3.8, 4) is 0 Å². The zero-order valence-corrected chi connectivity index (χ0v) is 10.0. The number of rotatable bonds is 2. The third-order valence-corrected chi connectivity index (χ3v) is 3.33. The van der Waals surface area contributed by atoms with Gasteiger partial charge in [-0.3, -0.25) is 0 Å². The molecule has 6 heteroatoms. The van der Waals surface area contributed by atoms with E-state index in [1.807, 2.05) is 13.8 Å². The first-order valence-corrected chi connectivity index (χ1v) is 4.73. The van der Waals surface area contributed by atoms with E-state index in [1.165, 1.54) is 0 Å².